The first-order valence-electron chi connectivity index (χ1n) is 12.5. The molecule has 3 aromatic carbocycles. The Morgan fingerprint density at radius 3 is 2.42 bits per heavy atom. The third-order valence-corrected chi connectivity index (χ3v) is 8.07. The number of nitrogens with zero attached hydrogens (tertiary/aromatic N) is 5. The third kappa shape index (κ3) is 5.77. The minimum atomic E-state index is -4.09. The number of hydrogen-bond acceptors (Lipinski definition) is 8. The first kappa shape index (κ1) is 27.2. The fourth-order valence-corrected chi connectivity index (χ4v) is 5.69. The first-order valence-corrected chi connectivity index (χ1v) is 14.3. The number of nitro groups is 1. The molecule has 0 atom stereocenters. The standard InChI is InChI=1S/C27H26ClN7O4S/c1-19-24(27(33-15-5-6-16-33)34(31-19)22-7-3-2-4-8-22)18-29-30-25-14-13-23(17-26(25)35(36)37)40(38,39)32-21-11-9-20(28)10-12-21/h2-4,7-14,17-18,30,32H,5-6,15-16H2,1H3/b29-18+. The maximum absolute atomic E-state index is 12.9. The smallest absolute Gasteiger partial charge is 0.295 e. The molecule has 1 aromatic heterocycles. The second-order valence-electron chi connectivity index (χ2n) is 9.18. The third-order valence-electron chi connectivity index (χ3n) is 6.44. The molecule has 0 spiro atoms. The number of aromatic nitrogens is 2. The molecule has 11 nitrogen and oxygen atoms in total. The van der Waals surface area contributed by atoms with Crippen LogP contribution in [0.5, 0.6) is 0 Å². The van der Waals surface area contributed by atoms with Crippen molar-refractivity contribution in [3.05, 3.63) is 99.2 Å². The molecule has 0 aliphatic carbocycles. The van der Waals surface area contributed by atoms with E-state index in [9.17, 15) is 18.5 Å². The van der Waals surface area contributed by atoms with Crippen molar-refractivity contribution in [2.24, 2.45) is 5.10 Å². The Balaban J connectivity index is 1.42. The van der Waals surface area contributed by atoms with Gasteiger partial charge in [-0.2, -0.15) is 10.2 Å². The maximum Gasteiger partial charge on any atom is 0.295 e. The second kappa shape index (κ2) is 11.4. The highest BCUT2D eigenvalue weighted by Gasteiger charge is 2.24. The summed E-state index contributed by atoms with van der Waals surface area (Å²) in [5, 5.41) is 21.3. The lowest BCUT2D eigenvalue weighted by molar-refractivity contribution is -0.384. The molecule has 5 rings (SSSR count). The van der Waals surface area contributed by atoms with Crippen LogP contribution < -0.4 is 15.0 Å². The van der Waals surface area contributed by atoms with E-state index in [1.807, 2.05) is 41.9 Å². The van der Waals surface area contributed by atoms with Crippen LogP contribution in [0.25, 0.3) is 5.69 Å². The number of para-hydroxylation sites is 1. The van der Waals surface area contributed by atoms with Crippen LogP contribution in [0.3, 0.4) is 0 Å². The number of hydrogen-bond donors (Lipinski definition) is 2. The molecule has 4 aromatic rings. The van der Waals surface area contributed by atoms with Crippen molar-refractivity contribution >= 4 is 50.7 Å². The van der Waals surface area contributed by atoms with Crippen molar-refractivity contribution < 1.29 is 13.3 Å². The summed E-state index contributed by atoms with van der Waals surface area (Å²) in [5.74, 6) is 0.899. The zero-order valence-corrected chi connectivity index (χ0v) is 23.1. The van der Waals surface area contributed by atoms with Crippen LogP contribution in [0.15, 0.2) is 82.8 Å². The minimum absolute atomic E-state index is 0.0440. The van der Waals surface area contributed by atoms with Crippen LogP contribution >= 0.6 is 11.6 Å². The zero-order valence-electron chi connectivity index (χ0n) is 21.5. The van der Waals surface area contributed by atoms with Crippen molar-refractivity contribution in [1.82, 2.24) is 9.78 Å². The van der Waals surface area contributed by atoms with Crippen LogP contribution in [0, 0.1) is 17.0 Å². The number of nitro benzene ring substituents is 1. The van der Waals surface area contributed by atoms with Crippen molar-refractivity contribution in [3.8, 4) is 5.69 Å². The summed E-state index contributed by atoms with van der Waals surface area (Å²) in [6, 6.07) is 19.4. The quantitative estimate of drug-likeness (QED) is 0.150. The van der Waals surface area contributed by atoms with Gasteiger partial charge in [-0.15, -0.1) is 0 Å². The van der Waals surface area contributed by atoms with E-state index in [2.05, 4.69) is 20.1 Å². The fourth-order valence-electron chi connectivity index (χ4n) is 4.48. The molecular weight excluding hydrogens is 554 g/mol. The van der Waals surface area contributed by atoms with Gasteiger partial charge in [-0.3, -0.25) is 20.3 Å². The van der Waals surface area contributed by atoms with Crippen LogP contribution in [0.1, 0.15) is 24.1 Å². The van der Waals surface area contributed by atoms with Gasteiger partial charge in [-0.25, -0.2) is 13.1 Å². The summed E-state index contributed by atoms with van der Waals surface area (Å²) in [4.78, 5) is 13.2. The Kier molecular flexibility index (Phi) is 7.71. The minimum Gasteiger partial charge on any atom is -0.356 e. The Bertz CT molecular complexity index is 1670. The largest absolute Gasteiger partial charge is 0.356 e. The van der Waals surface area contributed by atoms with Crippen molar-refractivity contribution in [3.63, 3.8) is 0 Å². The van der Waals surface area contributed by atoms with Gasteiger partial charge in [0.15, 0.2) is 0 Å². The number of aryl methyl sites for hydroxylation is 1. The van der Waals surface area contributed by atoms with Gasteiger partial charge in [0.25, 0.3) is 15.7 Å². The Hall–Kier alpha value is -4.42. The molecular formula is C27H26ClN7O4S. The van der Waals surface area contributed by atoms with Crippen molar-refractivity contribution in [1.29, 1.82) is 0 Å². The lowest BCUT2D eigenvalue weighted by atomic mass is 10.2. The highest BCUT2D eigenvalue weighted by Crippen LogP contribution is 2.31. The number of anilines is 3. The molecule has 0 unspecified atom stereocenters. The monoisotopic (exact) mass is 579 g/mol. The summed E-state index contributed by atoms with van der Waals surface area (Å²) < 4.78 is 30.0. The molecule has 40 heavy (non-hydrogen) atoms. The number of benzene rings is 3. The Labute approximate surface area is 236 Å². The van der Waals surface area contributed by atoms with Crippen LogP contribution in [-0.4, -0.2) is 42.4 Å². The van der Waals surface area contributed by atoms with Gasteiger partial charge >= 0.3 is 0 Å². The number of halogens is 1. The summed E-state index contributed by atoms with van der Waals surface area (Å²) in [6.07, 6.45) is 3.73. The summed E-state index contributed by atoms with van der Waals surface area (Å²) in [7, 11) is -4.09. The van der Waals surface area contributed by atoms with Crippen LogP contribution in [0.2, 0.25) is 5.02 Å². The lowest BCUT2D eigenvalue weighted by Crippen LogP contribution is -2.22. The van der Waals surface area contributed by atoms with Crippen molar-refractivity contribution in [2.75, 3.05) is 28.1 Å². The van der Waals surface area contributed by atoms with E-state index in [0.717, 1.165) is 54.8 Å². The average molecular weight is 580 g/mol. The maximum atomic E-state index is 12.9. The second-order valence-corrected chi connectivity index (χ2v) is 11.3. The zero-order chi connectivity index (χ0) is 28.3. The summed E-state index contributed by atoms with van der Waals surface area (Å²) in [6.45, 7) is 3.66. The van der Waals surface area contributed by atoms with Crippen LogP contribution in [-0.2, 0) is 10.0 Å². The fraction of sp³-hybridized carbons (Fsp3) is 0.185. The van der Waals surface area contributed by atoms with E-state index in [0.29, 0.717) is 5.02 Å². The molecule has 1 saturated heterocycles. The topological polar surface area (TPSA) is 135 Å². The molecule has 1 aliphatic heterocycles. The molecule has 2 heterocycles. The number of nitrogens with one attached hydrogen (secondary N) is 2. The van der Waals surface area contributed by atoms with E-state index >= 15 is 0 Å². The lowest BCUT2D eigenvalue weighted by Gasteiger charge is -2.20. The van der Waals surface area contributed by atoms with E-state index in [1.54, 1.807) is 6.21 Å². The molecule has 0 saturated carbocycles. The Morgan fingerprint density at radius 1 is 1.05 bits per heavy atom. The van der Waals surface area contributed by atoms with E-state index < -0.39 is 20.6 Å². The van der Waals surface area contributed by atoms with Gasteiger partial charge in [0.1, 0.15) is 11.5 Å². The predicted octanol–water partition coefficient (Wildman–Crippen LogP) is 5.59. The predicted molar refractivity (Wildman–Crippen MR) is 156 cm³/mol. The van der Waals surface area contributed by atoms with E-state index in [-0.39, 0.29) is 16.3 Å². The van der Waals surface area contributed by atoms with Gasteiger partial charge in [-0.1, -0.05) is 29.8 Å². The molecule has 2 N–H and O–H groups in total. The molecule has 206 valence electrons. The average Bonchev–Trinajstić information content (AvgIpc) is 3.58. The van der Waals surface area contributed by atoms with Crippen LogP contribution in [0.4, 0.5) is 22.9 Å². The normalized spacial score (nSPS) is 13.6. The first-order chi connectivity index (χ1) is 19.2. The Morgan fingerprint density at radius 2 is 1.75 bits per heavy atom. The summed E-state index contributed by atoms with van der Waals surface area (Å²) in [5.41, 5.74) is 5.05. The SMILES string of the molecule is Cc1nn(-c2ccccc2)c(N2CCCC2)c1/C=N/Nc1ccc(S(=O)(=O)Nc2ccc(Cl)cc2)cc1[N+](=O)[O-]. The molecule has 0 amide bonds. The molecule has 0 bridgehead atoms. The summed E-state index contributed by atoms with van der Waals surface area (Å²) >= 11 is 5.86. The highest BCUT2D eigenvalue weighted by atomic mass is 35.5. The van der Waals surface area contributed by atoms with E-state index in [1.165, 1.54) is 36.4 Å². The van der Waals surface area contributed by atoms with Crippen molar-refractivity contribution in [2.45, 2.75) is 24.7 Å². The molecule has 1 aliphatic rings. The number of rotatable bonds is 9. The van der Waals surface area contributed by atoms with Gasteiger partial charge in [0.2, 0.25) is 0 Å². The number of hydrazone groups is 1. The molecule has 13 heteroatoms. The van der Waals surface area contributed by atoms with E-state index in [4.69, 9.17) is 16.7 Å². The van der Waals surface area contributed by atoms with Gasteiger partial charge < -0.3 is 4.90 Å². The highest BCUT2D eigenvalue weighted by molar-refractivity contribution is 7.92. The molecule has 0 radical (unpaired) electrons. The van der Waals surface area contributed by atoms with Gasteiger partial charge in [-0.05, 0) is 68.3 Å². The molecule has 1 fully saturated rings. The van der Waals surface area contributed by atoms with Gasteiger partial charge in [0, 0.05) is 29.9 Å². The van der Waals surface area contributed by atoms with Gasteiger partial charge in [0.05, 0.1) is 33.0 Å². The number of sulfonamides is 1.